The molecule has 0 unspecified atom stereocenters. The Labute approximate surface area is 81.9 Å². The molecule has 0 fully saturated rings. The summed E-state index contributed by atoms with van der Waals surface area (Å²) in [6, 6.07) is 8.16. The van der Waals surface area contributed by atoms with Crippen molar-refractivity contribution in [3.05, 3.63) is 29.8 Å². The first-order chi connectivity index (χ1) is 5.88. The Morgan fingerprint density at radius 1 is 1.33 bits per heavy atom. The van der Waals surface area contributed by atoms with Crippen LogP contribution in [0.5, 0.6) is 5.75 Å². The molecular weight excluding hydrogens is 216 g/mol. The van der Waals surface area contributed by atoms with E-state index in [9.17, 15) is 0 Å². The highest BCUT2D eigenvalue weighted by Gasteiger charge is 1.99. The first-order valence-corrected chi connectivity index (χ1v) is 5.18. The summed E-state index contributed by atoms with van der Waals surface area (Å²) >= 11 is 3.41. The number of rotatable bonds is 4. The molecule has 0 aliphatic heterocycles. The van der Waals surface area contributed by atoms with Crippen LogP contribution in [0.4, 0.5) is 0 Å². The molecule has 66 valence electrons. The van der Waals surface area contributed by atoms with E-state index in [1.807, 2.05) is 18.2 Å². The molecule has 2 heteroatoms. The summed E-state index contributed by atoms with van der Waals surface area (Å²) in [6.07, 6.45) is 2.23. The number of halogens is 1. The Morgan fingerprint density at radius 2 is 2.08 bits per heavy atom. The van der Waals surface area contributed by atoms with E-state index in [4.69, 9.17) is 4.74 Å². The van der Waals surface area contributed by atoms with Crippen molar-refractivity contribution in [2.75, 3.05) is 12.4 Å². The second kappa shape index (κ2) is 5.20. The number of alkyl halides is 1. The van der Waals surface area contributed by atoms with E-state index < -0.39 is 0 Å². The third-order valence-corrected chi connectivity index (χ3v) is 2.33. The van der Waals surface area contributed by atoms with Gasteiger partial charge in [-0.05, 0) is 24.5 Å². The molecule has 0 heterocycles. The van der Waals surface area contributed by atoms with Crippen molar-refractivity contribution in [1.82, 2.24) is 0 Å². The summed E-state index contributed by atoms with van der Waals surface area (Å²) in [6.45, 7) is 0. The monoisotopic (exact) mass is 228 g/mol. The third kappa shape index (κ3) is 2.52. The molecule has 12 heavy (non-hydrogen) atoms. The predicted molar refractivity (Wildman–Crippen MR) is 55.1 cm³/mol. The molecule has 0 atom stereocenters. The van der Waals surface area contributed by atoms with Gasteiger partial charge in [0.2, 0.25) is 0 Å². The maximum Gasteiger partial charge on any atom is 0.122 e. The second-order valence-electron chi connectivity index (χ2n) is 2.60. The molecule has 0 aliphatic rings. The number of benzene rings is 1. The summed E-state index contributed by atoms with van der Waals surface area (Å²) in [4.78, 5) is 0. The molecule has 0 amide bonds. The predicted octanol–water partition coefficient (Wildman–Crippen LogP) is 3.02. The molecule has 1 aromatic carbocycles. The number of para-hydroxylation sites is 1. The van der Waals surface area contributed by atoms with Crippen LogP contribution in [-0.4, -0.2) is 12.4 Å². The van der Waals surface area contributed by atoms with Crippen LogP contribution < -0.4 is 4.74 Å². The van der Waals surface area contributed by atoms with Gasteiger partial charge in [-0.2, -0.15) is 0 Å². The fraction of sp³-hybridized carbons (Fsp3) is 0.400. The Kier molecular flexibility index (Phi) is 4.15. The highest BCUT2D eigenvalue weighted by Crippen LogP contribution is 2.18. The molecule has 1 aromatic rings. The normalized spacial score (nSPS) is 9.83. The van der Waals surface area contributed by atoms with Gasteiger partial charge in [-0.1, -0.05) is 34.1 Å². The average molecular weight is 229 g/mol. The molecule has 0 aromatic heterocycles. The van der Waals surface area contributed by atoms with E-state index in [-0.39, 0.29) is 0 Å². The number of hydrogen-bond donors (Lipinski definition) is 0. The molecule has 0 radical (unpaired) electrons. The minimum atomic E-state index is 0.999. The van der Waals surface area contributed by atoms with E-state index in [1.165, 1.54) is 5.56 Å². The van der Waals surface area contributed by atoms with Crippen LogP contribution in [0, 0.1) is 0 Å². The van der Waals surface area contributed by atoms with Gasteiger partial charge in [0, 0.05) is 5.33 Å². The van der Waals surface area contributed by atoms with Gasteiger partial charge in [0.25, 0.3) is 0 Å². The summed E-state index contributed by atoms with van der Waals surface area (Å²) in [5, 5.41) is 1.05. The molecule has 0 saturated carbocycles. The number of methoxy groups -OCH3 is 1. The molecule has 0 saturated heterocycles. The van der Waals surface area contributed by atoms with Crippen LogP contribution in [0.3, 0.4) is 0 Å². The van der Waals surface area contributed by atoms with Crippen LogP contribution in [0.2, 0.25) is 0 Å². The number of hydrogen-bond acceptors (Lipinski definition) is 1. The number of ether oxygens (including phenoxy) is 1. The first-order valence-electron chi connectivity index (χ1n) is 4.06. The number of aryl methyl sites for hydroxylation is 1. The highest BCUT2D eigenvalue weighted by molar-refractivity contribution is 9.09. The quantitative estimate of drug-likeness (QED) is 0.721. The second-order valence-corrected chi connectivity index (χ2v) is 3.40. The van der Waals surface area contributed by atoms with Gasteiger partial charge in [-0.15, -0.1) is 0 Å². The summed E-state index contributed by atoms with van der Waals surface area (Å²) in [5.74, 6) is 0.999. The smallest absolute Gasteiger partial charge is 0.122 e. The summed E-state index contributed by atoms with van der Waals surface area (Å²) in [5.41, 5.74) is 1.29. The fourth-order valence-corrected chi connectivity index (χ4v) is 1.45. The minimum absolute atomic E-state index is 0.999. The summed E-state index contributed by atoms with van der Waals surface area (Å²) in [7, 11) is 1.72. The minimum Gasteiger partial charge on any atom is -0.496 e. The lowest BCUT2D eigenvalue weighted by molar-refractivity contribution is 0.409. The van der Waals surface area contributed by atoms with Crippen LogP contribution >= 0.6 is 15.9 Å². The molecule has 1 rings (SSSR count). The molecule has 1 nitrogen and oxygen atoms in total. The van der Waals surface area contributed by atoms with Crippen molar-refractivity contribution in [1.29, 1.82) is 0 Å². The molecule has 0 N–H and O–H groups in total. The molecular formula is C10H13BrO. The van der Waals surface area contributed by atoms with E-state index in [0.29, 0.717) is 0 Å². The lowest BCUT2D eigenvalue weighted by atomic mass is 10.1. The molecule has 0 aliphatic carbocycles. The maximum atomic E-state index is 5.23. The SMILES string of the molecule is COc1ccccc1CCCBr. The van der Waals surface area contributed by atoms with Crippen LogP contribution in [-0.2, 0) is 6.42 Å². The fourth-order valence-electron chi connectivity index (χ4n) is 1.17. The average Bonchev–Trinajstić information content (AvgIpc) is 2.15. The van der Waals surface area contributed by atoms with E-state index in [1.54, 1.807) is 7.11 Å². The van der Waals surface area contributed by atoms with Crippen molar-refractivity contribution in [3.8, 4) is 5.75 Å². The van der Waals surface area contributed by atoms with E-state index >= 15 is 0 Å². The first kappa shape index (κ1) is 9.59. The van der Waals surface area contributed by atoms with Gasteiger partial charge in [-0.25, -0.2) is 0 Å². The van der Waals surface area contributed by atoms with Crippen molar-refractivity contribution in [2.24, 2.45) is 0 Å². The van der Waals surface area contributed by atoms with Crippen molar-refractivity contribution in [3.63, 3.8) is 0 Å². The van der Waals surface area contributed by atoms with Crippen LogP contribution in [0.15, 0.2) is 24.3 Å². The van der Waals surface area contributed by atoms with Crippen molar-refractivity contribution in [2.45, 2.75) is 12.8 Å². The summed E-state index contributed by atoms with van der Waals surface area (Å²) < 4.78 is 5.23. The van der Waals surface area contributed by atoms with Crippen molar-refractivity contribution >= 4 is 15.9 Å². The Balaban J connectivity index is 2.68. The Morgan fingerprint density at radius 3 is 2.75 bits per heavy atom. The zero-order chi connectivity index (χ0) is 8.81. The highest BCUT2D eigenvalue weighted by atomic mass is 79.9. The van der Waals surface area contributed by atoms with E-state index in [0.717, 1.165) is 23.9 Å². The van der Waals surface area contributed by atoms with Crippen LogP contribution in [0.1, 0.15) is 12.0 Å². The van der Waals surface area contributed by atoms with Gasteiger partial charge in [0.05, 0.1) is 7.11 Å². The van der Waals surface area contributed by atoms with Gasteiger partial charge >= 0.3 is 0 Å². The van der Waals surface area contributed by atoms with Gasteiger partial charge < -0.3 is 4.74 Å². The molecule has 0 bridgehead atoms. The zero-order valence-corrected chi connectivity index (χ0v) is 8.80. The Bertz CT molecular complexity index is 235. The van der Waals surface area contributed by atoms with Crippen LogP contribution in [0.25, 0.3) is 0 Å². The third-order valence-electron chi connectivity index (χ3n) is 1.77. The maximum absolute atomic E-state index is 5.23. The van der Waals surface area contributed by atoms with Gasteiger partial charge in [-0.3, -0.25) is 0 Å². The molecule has 0 spiro atoms. The zero-order valence-electron chi connectivity index (χ0n) is 7.22. The Hall–Kier alpha value is -0.500. The van der Waals surface area contributed by atoms with Gasteiger partial charge in [0.1, 0.15) is 5.75 Å². The standard InChI is InChI=1S/C10H13BrO/c1-12-10-7-3-2-5-9(10)6-4-8-11/h2-3,5,7H,4,6,8H2,1H3. The lowest BCUT2D eigenvalue weighted by Gasteiger charge is -2.06. The largest absolute Gasteiger partial charge is 0.496 e. The topological polar surface area (TPSA) is 9.23 Å². The van der Waals surface area contributed by atoms with Crippen molar-refractivity contribution < 1.29 is 4.74 Å². The van der Waals surface area contributed by atoms with Gasteiger partial charge in [0.15, 0.2) is 0 Å². The lowest BCUT2D eigenvalue weighted by Crippen LogP contribution is -1.91. The van der Waals surface area contributed by atoms with E-state index in [2.05, 4.69) is 22.0 Å².